The number of nitrogens with one attached hydrogen (secondary N) is 1. The lowest BCUT2D eigenvalue weighted by atomic mass is 10.1. The zero-order chi connectivity index (χ0) is 23.3. The molecule has 6 nitrogen and oxygen atoms in total. The van der Waals surface area contributed by atoms with E-state index in [-0.39, 0.29) is 29.1 Å². The molecule has 1 heterocycles. The summed E-state index contributed by atoms with van der Waals surface area (Å²) in [7, 11) is -2.56. The van der Waals surface area contributed by atoms with Crippen molar-refractivity contribution in [3.05, 3.63) is 75.4 Å². The van der Waals surface area contributed by atoms with Crippen LogP contribution in [0.25, 0.3) is 0 Å². The van der Waals surface area contributed by atoms with Crippen molar-refractivity contribution in [3.63, 3.8) is 0 Å². The van der Waals surface area contributed by atoms with Crippen LogP contribution in [-0.4, -0.2) is 31.8 Å². The van der Waals surface area contributed by atoms with Gasteiger partial charge >= 0.3 is 0 Å². The summed E-state index contributed by atoms with van der Waals surface area (Å²) in [4.78, 5) is 12.6. The lowest BCUT2D eigenvalue weighted by Crippen LogP contribution is -2.39. The number of methoxy groups -OCH3 is 1. The van der Waals surface area contributed by atoms with Gasteiger partial charge in [0.15, 0.2) is 0 Å². The Morgan fingerprint density at radius 1 is 1.19 bits per heavy atom. The highest BCUT2D eigenvalue weighted by atomic mass is 35.5. The van der Waals surface area contributed by atoms with E-state index in [0.29, 0.717) is 17.1 Å². The molecule has 3 rings (SSSR count). The van der Waals surface area contributed by atoms with Gasteiger partial charge in [-0.2, -0.15) is 4.31 Å². The van der Waals surface area contributed by atoms with Gasteiger partial charge in [0.1, 0.15) is 10.6 Å². The standard InChI is InChI=1S/C23H25ClN2O4S2/c1-16(13-21-5-4-12-31-21)26(15-18-6-8-19(24)9-7-18)32(28,29)23-14-20(25-17(2)27)10-11-22(23)30-3/h4-12,14,16H,13,15H2,1-3H3,(H,25,27)/t16-/m1/s1. The minimum absolute atomic E-state index is 0.00163. The van der Waals surface area contributed by atoms with E-state index in [0.717, 1.165) is 10.4 Å². The van der Waals surface area contributed by atoms with Crippen LogP contribution in [0, 0.1) is 0 Å². The molecule has 0 aliphatic heterocycles. The number of hydrogen-bond acceptors (Lipinski definition) is 5. The summed E-state index contributed by atoms with van der Waals surface area (Å²) >= 11 is 7.60. The minimum atomic E-state index is -3.98. The number of anilines is 1. The fourth-order valence-corrected chi connectivity index (χ4v) is 6.11. The number of carbonyl (C=O) groups excluding carboxylic acids is 1. The van der Waals surface area contributed by atoms with Gasteiger partial charge in [-0.05, 0) is 60.7 Å². The molecule has 0 aliphatic rings. The smallest absolute Gasteiger partial charge is 0.247 e. The molecule has 0 saturated heterocycles. The van der Waals surface area contributed by atoms with E-state index >= 15 is 0 Å². The number of hydrogen-bond donors (Lipinski definition) is 1. The van der Waals surface area contributed by atoms with Crippen LogP contribution in [0.1, 0.15) is 24.3 Å². The average molecular weight is 493 g/mol. The third-order valence-electron chi connectivity index (χ3n) is 4.89. The monoisotopic (exact) mass is 492 g/mol. The SMILES string of the molecule is COc1ccc(NC(C)=O)cc1S(=O)(=O)N(Cc1ccc(Cl)cc1)[C@H](C)Cc1cccs1. The second-order valence-corrected chi connectivity index (χ2v) is 10.7. The predicted molar refractivity (Wildman–Crippen MR) is 129 cm³/mol. The van der Waals surface area contributed by atoms with E-state index in [2.05, 4.69) is 5.32 Å². The molecule has 1 aromatic heterocycles. The number of rotatable bonds is 9. The molecular weight excluding hydrogens is 468 g/mol. The topological polar surface area (TPSA) is 75.7 Å². The quantitative estimate of drug-likeness (QED) is 0.446. The molecule has 170 valence electrons. The highest BCUT2D eigenvalue weighted by Crippen LogP contribution is 2.32. The molecule has 0 radical (unpaired) electrons. The Morgan fingerprint density at radius 2 is 1.91 bits per heavy atom. The molecular formula is C23H25ClN2O4S2. The fourth-order valence-electron chi connectivity index (χ4n) is 3.35. The molecule has 0 bridgehead atoms. The number of ether oxygens (including phenoxy) is 1. The normalized spacial score (nSPS) is 12.5. The van der Waals surface area contributed by atoms with Crippen LogP contribution in [-0.2, 0) is 27.8 Å². The lowest BCUT2D eigenvalue weighted by molar-refractivity contribution is -0.114. The van der Waals surface area contributed by atoms with Gasteiger partial charge in [0.05, 0.1) is 7.11 Å². The molecule has 0 saturated carbocycles. The number of carbonyl (C=O) groups is 1. The van der Waals surface area contributed by atoms with Gasteiger partial charge in [0.25, 0.3) is 0 Å². The number of amides is 1. The van der Waals surface area contributed by atoms with Crippen molar-refractivity contribution >= 4 is 44.6 Å². The highest BCUT2D eigenvalue weighted by Gasteiger charge is 2.32. The Labute approximate surface area is 197 Å². The van der Waals surface area contributed by atoms with Crippen molar-refractivity contribution in [2.45, 2.75) is 37.8 Å². The van der Waals surface area contributed by atoms with E-state index < -0.39 is 10.0 Å². The first-order valence-corrected chi connectivity index (χ1v) is 12.6. The summed E-state index contributed by atoms with van der Waals surface area (Å²) in [6, 6.07) is 15.3. The number of halogens is 1. The van der Waals surface area contributed by atoms with E-state index in [4.69, 9.17) is 16.3 Å². The first-order valence-electron chi connectivity index (χ1n) is 9.95. The second-order valence-electron chi connectivity index (χ2n) is 7.36. The fraction of sp³-hybridized carbons (Fsp3) is 0.261. The summed E-state index contributed by atoms with van der Waals surface area (Å²) in [5.74, 6) is -0.0777. The van der Waals surface area contributed by atoms with E-state index in [1.807, 2.05) is 36.6 Å². The highest BCUT2D eigenvalue weighted by molar-refractivity contribution is 7.89. The number of nitrogens with zero attached hydrogens (tertiary/aromatic N) is 1. The van der Waals surface area contributed by atoms with Crippen molar-refractivity contribution in [2.75, 3.05) is 12.4 Å². The molecule has 2 aromatic carbocycles. The van der Waals surface area contributed by atoms with Crippen molar-refractivity contribution in [2.24, 2.45) is 0 Å². The van der Waals surface area contributed by atoms with Gasteiger partial charge in [-0.3, -0.25) is 4.79 Å². The van der Waals surface area contributed by atoms with Gasteiger partial charge in [-0.1, -0.05) is 29.8 Å². The van der Waals surface area contributed by atoms with Crippen LogP contribution in [0.3, 0.4) is 0 Å². The van der Waals surface area contributed by atoms with Crippen LogP contribution >= 0.6 is 22.9 Å². The Balaban J connectivity index is 2.05. The molecule has 0 spiro atoms. The molecule has 1 atom stereocenters. The molecule has 1 N–H and O–H groups in total. The van der Waals surface area contributed by atoms with Crippen molar-refractivity contribution in [1.82, 2.24) is 4.31 Å². The maximum absolute atomic E-state index is 13.9. The Hall–Kier alpha value is -2.39. The molecule has 0 unspecified atom stereocenters. The van der Waals surface area contributed by atoms with E-state index in [9.17, 15) is 13.2 Å². The molecule has 32 heavy (non-hydrogen) atoms. The van der Waals surface area contributed by atoms with Crippen LogP contribution in [0.5, 0.6) is 5.75 Å². The summed E-state index contributed by atoms with van der Waals surface area (Å²) in [5.41, 5.74) is 1.20. The van der Waals surface area contributed by atoms with Gasteiger partial charge in [0, 0.05) is 35.1 Å². The van der Waals surface area contributed by atoms with Crippen molar-refractivity contribution in [3.8, 4) is 5.75 Å². The first-order chi connectivity index (χ1) is 15.2. The molecule has 9 heteroatoms. The zero-order valence-electron chi connectivity index (χ0n) is 18.0. The molecule has 0 aliphatic carbocycles. The third kappa shape index (κ3) is 5.89. The van der Waals surface area contributed by atoms with Gasteiger partial charge < -0.3 is 10.1 Å². The van der Waals surface area contributed by atoms with Crippen LogP contribution in [0.2, 0.25) is 5.02 Å². The maximum atomic E-state index is 13.9. The van der Waals surface area contributed by atoms with Gasteiger partial charge in [-0.25, -0.2) is 8.42 Å². The van der Waals surface area contributed by atoms with Crippen molar-refractivity contribution < 1.29 is 17.9 Å². The van der Waals surface area contributed by atoms with E-state index in [1.165, 1.54) is 24.4 Å². The Morgan fingerprint density at radius 3 is 2.50 bits per heavy atom. The Kier molecular flexibility index (Phi) is 7.95. The van der Waals surface area contributed by atoms with Crippen molar-refractivity contribution in [1.29, 1.82) is 0 Å². The van der Waals surface area contributed by atoms with Crippen LogP contribution in [0.4, 0.5) is 5.69 Å². The lowest BCUT2D eigenvalue weighted by Gasteiger charge is -2.29. The average Bonchev–Trinajstić information content (AvgIpc) is 3.25. The summed E-state index contributed by atoms with van der Waals surface area (Å²) in [6.07, 6.45) is 0.568. The minimum Gasteiger partial charge on any atom is -0.495 e. The van der Waals surface area contributed by atoms with Crippen LogP contribution in [0.15, 0.2) is 64.9 Å². The summed E-state index contributed by atoms with van der Waals surface area (Å²) in [6.45, 7) is 3.42. The summed E-state index contributed by atoms with van der Waals surface area (Å²) in [5, 5.41) is 5.19. The number of thiophene rings is 1. The predicted octanol–water partition coefficient (Wildman–Crippen LogP) is 5.19. The summed E-state index contributed by atoms with van der Waals surface area (Å²) < 4.78 is 34.6. The molecule has 1 amide bonds. The van der Waals surface area contributed by atoms with Gasteiger partial charge in [-0.15, -0.1) is 11.3 Å². The van der Waals surface area contributed by atoms with Crippen LogP contribution < -0.4 is 10.1 Å². The second kappa shape index (κ2) is 10.5. The molecule has 3 aromatic rings. The first kappa shape index (κ1) is 24.3. The molecule has 0 fully saturated rings. The third-order valence-corrected chi connectivity index (χ3v) is 8.02. The van der Waals surface area contributed by atoms with E-state index in [1.54, 1.807) is 35.6 Å². The Bertz CT molecular complexity index is 1160. The maximum Gasteiger partial charge on any atom is 0.247 e. The largest absolute Gasteiger partial charge is 0.495 e. The van der Waals surface area contributed by atoms with Gasteiger partial charge in [0.2, 0.25) is 15.9 Å². The zero-order valence-corrected chi connectivity index (χ0v) is 20.4. The number of benzene rings is 2. The number of sulfonamides is 1.